The minimum atomic E-state index is -1.80. The smallest absolute Gasteiger partial charge is 0.328 e. The molecule has 1 heterocycles. The van der Waals surface area contributed by atoms with E-state index < -0.39 is 8.32 Å². The van der Waals surface area contributed by atoms with Crippen LogP contribution >= 0.6 is 15.9 Å². The van der Waals surface area contributed by atoms with Gasteiger partial charge in [-0.05, 0) is 36.3 Å². The number of rotatable bonds is 5. The Bertz CT molecular complexity index is 828. The first-order valence-corrected chi connectivity index (χ1v) is 12.4. The van der Waals surface area contributed by atoms with Crippen LogP contribution in [0.3, 0.4) is 0 Å². The third-order valence-corrected chi connectivity index (χ3v) is 10.3. The van der Waals surface area contributed by atoms with Gasteiger partial charge < -0.3 is 4.43 Å². The van der Waals surface area contributed by atoms with Crippen molar-refractivity contribution in [3.63, 3.8) is 0 Å². The molecular weight excluding hydrogens is 396 g/mol. The second kappa shape index (κ2) is 6.71. The lowest BCUT2D eigenvalue weighted by atomic mass is 9.95. The minimum absolute atomic E-state index is 0.0218. The van der Waals surface area contributed by atoms with Crippen LogP contribution in [0.25, 0.3) is 11.0 Å². The van der Waals surface area contributed by atoms with Gasteiger partial charge in [0.25, 0.3) is 0 Å². The zero-order valence-corrected chi connectivity index (χ0v) is 19.3. The summed E-state index contributed by atoms with van der Waals surface area (Å²) >= 11 is 3.51. The Balaban J connectivity index is 2.29. The van der Waals surface area contributed by atoms with Gasteiger partial charge in [0, 0.05) is 30.1 Å². The summed E-state index contributed by atoms with van der Waals surface area (Å²) in [5, 5.41) is 0.185. The summed E-state index contributed by atoms with van der Waals surface area (Å²) < 4.78 is 11.0. The number of nitrogens with zero attached hydrogens (tertiary/aromatic N) is 2. The molecule has 0 aliphatic carbocycles. The quantitative estimate of drug-likeness (QED) is 0.619. The van der Waals surface area contributed by atoms with Gasteiger partial charge in [-0.25, -0.2) is 4.79 Å². The number of hydrogen-bond donors (Lipinski definition) is 0. The van der Waals surface area contributed by atoms with Crippen LogP contribution in [0.4, 0.5) is 0 Å². The van der Waals surface area contributed by atoms with Gasteiger partial charge in [0.2, 0.25) is 0 Å². The van der Waals surface area contributed by atoms with Crippen LogP contribution in [0.5, 0.6) is 0 Å². The van der Waals surface area contributed by atoms with Gasteiger partial charge in [-0.1, -0.05) is 50.5 Å². The lowest BCUT2D eigenvalue weighted by Gasteiger charge is -2.39. The zero-order chi connectivity index (χ0) is 19.2. The van der Waals surface area contributed by atoms with E-state index >= 15 is 0 Å². The van der Waals surface area contributed by atoms with Crippen LogP contribution in [0.15, 0.2) is 27.5 Å². The second-order valence-corrected chi connectivity index (χ2v) is 15.0. The average molecular weight is 427 g/mol. The molecular formula is C19H31BrN2O2Si. The predicted molar refractivity (Wildman–Crippen MR) is 112 cm³/mol. The van der Waals surface area contributed by atoms with Gasteiger partial charge in [0.1, 0.15) is 0 Å². The van der Waals surface area contributed by atoms with Gasteiger partial charge in [-0.3, -0.25) is 9.13 Å². The van der Waals surface area contributed by atoms with Crippen LogP contribution in [-0.2, 0) is 18.0 Å². The molecule has 1 aromatic heterocycles. The van der Waals surface area contributed by atoms with E-state index in [2.05, 4.69) is 63.6 Å². The summed E-state index contributed by atoms with van der Waals surface area (Å²) in [6.45, 7) is 16.9. The molecule has 0 bridgehead atoms. The summed E-state index contributed by atoms with van der Waals surface area (Å²) in [6.07, 6.45) is 0. The Morgan fingerprint density at radius 3 is 2.28 bits per heavy atom. The maximum atomic E-state index is 12.7. The summed E-state index contributed by atoms with van der Waals surface area (Å²) in [5.41, 5.74) is 1.81. The first-order chi connectivity index (χ1) is 11.3. The van der Waals surface area contributed by atoms with Gasteiger partial charge in [0.05, 0.1) is 11.0 Å². The molecule has 0 saturated carbocycles. The van der Waals surface area contributed by atoms with E-state index in [0.29, 0.717) is 13.2 Å². The molecule has 0 N–H and O–H groups in total. The summed E-state index contributed by atoms with van der Waals surface area (Å²) in [5.74, 6) is 0. The molecule has 0 atom stereocenters. The fourth-order valence-corrected chi connectivity index (χ4v) is 4.14. The van der Waals surface area contributed by atoms with E-state index in [1.165, 1.54) is 0 Å². The number of halogens is 1. The Labute approximate surface area is 160 Å². The van der Waals surface area contributed by atoms with Crippen LogP contribution in [-0.4, -0.2) is 24.1 Å². The van der Waals surface area contributed by atoms with E-state index in [0.717, 1.165) is 15.5 Å². The molecule has 0 unspecified atom stereocenters. The SMILES string of the molecule is Cn1c(=O)n(CC(C)(C)CO[Si](C)(C)C(C)(C)C)c2cc(Br)ccc21. The van der Waals surface area contributed by atoms with Crippen LogP contribution in [0, 0.1) is 5.41 Å². The van der Waals surface area contributed by atoms with E-state index in [4.69, 9.17) is 4.43 Å². The van der Waals surface area contributed by atoms with Crippen molar-refractivity contribution in [1.29, 1.82) is 0 Å². The van der Waals surface area contributed by atoms with Crippen molar-refractivity contribution >= 4 is 35.3 Å². The number of aryl methyl sites for hydroxylation is 1. The Hall–Kier alpha value is -0.853. The molecule has 0 radical (unpaired) electrons. The number of benzene rings is 1. The van der Waals surface area contributed by atoms with Crippen molar-refractivity contribution in [1.82, 2.24) is 9.13 Å². The zero-order valence-electron chi connectivity index (χ0n) is 16.7. The predicted octanol–water partition coefficient (Wildman–Crippen LogP) is 5.15. The summed E-state index contributed by atoms with van der Waals surface area (Å²) in [6, 6.07) is 5.97. The third kappa shape index (κ3) is 4.29. The van der Waals surface area contributed by atoms with Crippen LogP contribution < -0.4 is 5.69 Å². The van der Waals surface area contributed by atoms with Gasteiger partial charge in [0.15, 0.2) is 8.32 Å². The molecule has 0 fully saturated rings. The maximum Gasteiger partial charge on any atom is 0.328 e. The number of aromatic nitrogens is 2. The van der Waals surface area contributed by atoms with Crippen molar-refractivity contribution in [3.8, 4) is 0 Å². The number of hydrogen-bond acceptors (Lipinski definition) is 2. The highest BCUT2D eigenvalue weighted by molar-refractivity contribution is 9.10. The largest absolute Gasteiger partial charge is 0.416 e. The van der Waals surface area contributed by atoms with Crippen LogP contribution in [0.2, 0.25) is 18.1 Å². The Morgan fingerprint density at radius 1 is 1.12 bits per heavy atom. The molecule has 0 aliphatic heterocycles. The molecule has 0 amide bonds. The normalized spacial score (nSPS) is 13.6. The summed E-state index contributed by atoms with van der Waals surface area (Å²) in [7, 11) is 0.0246. The first-order valence-electron chi connectivity index (χ1n) is 8.74. The molecule has 2 aromatic rings. The highest BCUT2D eigenvalue weighted by Gasteiger charge is 2.38. The molecule has 140 valence electrons. The molecule has 1 aromatic carbocycles. The maximum absolute atomic E-state index is 12.7. The molecule has 2 rings (SSSR count). The number of fused-ring (bicyclic) bond motifs is 1. The highest BCUT2D eigenvalue weighted by atomic mass is 79.9. The van der Waals surface area contributed by atoms with E-state index in [-0.39, 0.29) is 16.1 Å². The molecule has 0 aliphatic rings. The van der Waals surface area contributed by atoms with Crippen LogP contribution in [0.1, 0.15) is 34.6 Å². The molecule has 0 spiro atoms. The Kier molecular flexibility index (Phi) is 5.49. The lowest BCUT2D eigenvalue weighted by Crippen LogP contribution is -2.44. The standard InChI is InChI=1S/C19H31BrN2O2Si/c1-18(2,3)25(7,8)24-13-19(4,5)12-22-16-11-14(20)9-10-15(16)21(6)17(22)23/h9-11H,12-13H2,1-8H3. The van der Waals surface area contributed by atoms with Gasteiger partial charge >= 0.3 is 5.69 Å². The van der Waals surface area contributed by atoms with Crippen molar-refractivity contribution in [2.75, 3.05) is 6.61 Å². The average Bonchev–Trinajstić information content (AvgIpc) is 2.69. The van der Waals surface area contributed by atoms with E-state index in [1.54, 1.807) is 4.57 Å². The van der Waals surface area contributed by atoms with Gasteiger partial charge in [-0.2, -0.15) is 0 Å². The van der Waals surface area contributed by atoms with E-state index in [9.17, 15) is 4.79 Å². The molecule has 6 heteroatoms. The molecule has 0 saturated heterocycles. The summed E-state index contributed by atoms with van der Waals surface area (Å²) in [4.78, 5) is 12.7. The van der Waals surface area contributed by atoms with Crippen molar-refractivity contribution in [3.05, 3.63) is 33.2 Å². The third-order valence-electron chi connectivity index (χ3n) is 5.32. The topological polar surface area (TPSA) is 36.2 Å². The van der Waals surface area contributed by atoms with E-state index in [1.807, 2.05) is 29.8 Å². The molecule has 4 nitrogen and oxygen atoms in total. The second-order valence-electron chi connectivity index (χ2n) is 9.27. The number of imidazole rings is 1. The first kappa shape index (κ1) is 20.5. The van der Waals surface area contributed by atoms with Crippen molar-refractivity contribution in [2.24, 2.45) is 12.5 Å². The minimum Gasteiger partial charge on any atom is -0.416 e. The molecule has 25 heavy (non-hydrogen) atoms. The lowest BCUT2D eigenvalue weighted by molar-refractivity contribution is 0.146. The van der Waals surface area contributed by atoms with Gasteiger partial charge in [-0.15, -0.1) is 0 Å². The Morgan fingerprint density at radius 2 is 1.72 bits per heavy atom. The highest BCUT2D eigenvalue weighted by Crippen LogP contribution is 2.37. The van der Waals surface area contributed by atoms with Crippen molar-refractivity contribution < 1.29 is 4.43 Å². The van der Waals surface area contributed by atoms with Crippen molar-refractivity contribution in [2.45, 2.75) is 59.3 Å². The fourth-order valence-electron chi connectivity index (χ4n) is 2.60. The fraction of sp³-hybridized carbons (Fsp3) is 0.632. The monoisotopic (exact) mass is 426 g/mol.